The lowest BCUT2D eigenvalue weighted by atomic mass is 10.1. The maximum Gasteiger partial charge on any atom is 0.408 e. The van der Waals surface area contributed by atoms with Gasteiger partial charge in [0.15, 0.2) is 0 Å². The monoisotopic (exact) mass is 1560 g/mol. The van der Waals surface area contributed by atoms with Crippen molar-refractivity contribution >= 4 is 72.4 Å². The zero-order valence-electron chi connectivity index (χ0n) is 70.5. The Morgan fingerprint density at radius 2 is 0.376 bits per heavy atom. The Morgan fingerprint density at radius 1 is 0.211 bits per heavy atom. The first kappa shape index (κ1) is 101. The second-order valence-electron chi connectivity index (χ2n) is 34.7. The van der Waals surface area contributed by atoms with Crippen LogP contribution in [-0.4, -0.2) is 243 Å². The van der Waals surface area contributed by atoms with Crippen LogP contribution in [-0.2, 0) is 57.1 Å². The second kappa shape index (κ2) is 49.3. The molecule has 4 atom stereocenters. The molecular formula is C75H142N14O20. The Morgan fingerprint density at radius 3 is 0.541 bits per heavy atom. The van der Waals surface area contributed by atoms with Gasteiger partial charge in [0.2, 0.25) is 23.6 Å². The zero-order chi connectivity index (χ0) is 83.6. The van der Waals surface area contributed by atoms with E-state index in [4.69, 9.17) is 37.9 Å². The molecular weight excluding hydrogens is 1420 g/mol. The lowest BCUT2D eigenvalue weighted by molar-refractivity contribution is -0.124. The highest BCUT2D eigenvalue weighted by molar-refractivity contribution is 5.87. The minimum atomic E-state index is -1.05. The third-order valence-corrected chi connectivity index (χ3v) is 14.2. The van der Waals surface area contributed by atoms with Gasteiger partial charge in [-0.3, -0.25) is 29.0 Å². The standard InChI is InChI=1S/C75H142N14O20/c1-68(2,3)102-60(94)80-38-29-25-34-52(84-64(98)106-72(13,14)15)56(90)76-42-48-88(49-43-77-57(91)53(85-65(99)107-73(16,17)18)35-26-30-39-81-61(95)103-69(4,5)6)46-33-47-89(50-44-78-58(92)54(86-66(100)108-74(19,20)21)36-27-31-40-82-62(96)104-70(7,8)9)51-45-79-59(93)55(87-67(101)109-75(22,23)24)37-28-32-41-83-63(97)105-71(10,11)12/h52-55H,25-51H2,1-24H3,(H,76,90)(H,77,91)(H,78,92)(H,79,93)(H,80,94)(H,81,95)(H,82,96)(H,83,97)(H,84,98)(H,85,99)(H,86,100)(H,87,101)/t52-,53-,54-,55-/m0/s1. The Kier molecular flexibility index (Phi) is 45.6. The normalized spacial score (nSPS) is 13.3. The molecule has 0 unspecified atom stereocenters. The summed E-state index contributed by atoms with van der Waals surface area (Å²) in [4.78, 5) is 163. The summed E-state index contributed by atoms with van der Waals surface area (Å²) in [5.41, 5.74) is -6.36. The molecule has 0 rings (SSSR count). The molecule has 0 aliphatic heterocycles. The Labute approximate surface area is 649 Å². The minimum Gasteiger partial charge on any atom is -0.444 e. The molecule has 34 nitrogen and oxygen atoms in total. The van der Waals surface area contributed by atoms with E-state index in [1.165, 1.54) is 0 Å². The topological polar surface area (TPSA) is 430 Å². The second-order valence-corrected chi connectivity index (χ2v) is 34.7. The van der Waals surface area contributed by atoms with Crippen LogP contribution in [0.5, 0.6) is 0 Å². The molecule has 12 N–H and O–H groups in total. The fourth-order valence-electron chi connectivity index (χ4n) is 9.82. The van der Waals surface area contributed by atoms with Crippen LogP contribution >= 0.6 is 0 Å². The SMILES string of the molecule is CC(C)(C)OC(=O)NCCCC[C@H](NC(=O)OC(C)(C)C)C(=O)NCCN(CCCN(CCNC(=O)[C@H](CCCCNC(=O)OC(C)(C)C)NC(=O)OC(C)(C)C)CCNC(=O)[C@H](CCCCNC(=O)OC(C)(C)C)NC(=O)OC(C)(C)C)CCNC(=O)[C@H](CCCCNC(=O)OC(C)(C)C)NC(=O)OC(C)(C)C. The van der Waals surface area contributed by atoms with Crippen molar-refractivity contribution in [2.45, 2.75) is 319 Å². The number of alkyl carbamates (subject to hydrolysis) is 8. The quantitative estimate of drug-likeness (QED) is 0.0200. The number of rotatable bonds is 44. The molecule has 109 heavy (non-hydrogen) atoms. The molecule has 12 amide bonds. The van der Waals surface area contributed by atoms with Gasteiger partial charge in [0.25, 0.3) is 0 Å². The molecule has 0 fully saturated rings. The molecule has 0 saturated heterocycles. The molecule has 0 spiro atoms. The van der Waals surface area contributed by atoms with Crippen molar-refractivity contribution in [3.05, 3.63) is 0 Å². The van der Waals surface area contributed by atoms with Gasteiger partial charge >= 0.3 is 48.7 Å². The van der Waals surface area contributed by atoms with E-state index >= 15 is 0 Å². The van der Waals surface area contributed by atoms with E-state index in [0.29, 0.717) is 70.9 Å². The van der Waals surface area contributed by atoms with Crippen LogP contribution in [0, 0.1) is 0 Å². The first-order valence-corrected chi connectivity index (χ1v) is 38.4. The van der Waals surface area contributed by atoms with E-state index in [0.717, 1.165) is 0 Å². The van der Waals surface area contributed by atoms with Crippen LogP contribution in [0.2, 0.25) is 0 Å². The molecule has 0 aromatic carbocycles. The summed E-state index contributed by atoms with van der Waals surface area (Å²) < 4.78 is 43.5. The molecule has 0 aromatic heterocycles. The van der Waals surface area contributed by atoms with Gasteiger partial charge in [0.1, 0.15) is 69.0 Å². The van der Waals surface area contributed by atoms with E-state index < -0.39 is 141 Å². The Balaban J connectivity index is 7.38. The van der Waals surface area contributed by atoms with Crippen molar-refractivity contribution in [2.24, 2.45) is 0 Å². The van der Waals surface area contributed by atoms with E-state index in [1.54, 1.807) is 166 Å². The van der Waals surface area contributed by atoms with Crippen molar-refractivity contribution in [1.82, 2.24) is 73.6 Å². The molecule has 34 heteroatoms. The summed E-state index contributed by atoms with van der Waals surface area (Å²) in [6, 6.07) is -4.19. The average Bonchev–Trinajstić information content (AvgIpc) is 0.911. The maximum absolute atomic E-state index is 14.1. The van der Waals surface area contributed by atoms with E-state index in [9.17, 15) is 57.5 Å². The average molecular weight is 1560 g/mol. The summed E-state index contributed by atoms with van der Waals surface area (Å²) in [7, 11) is 0. The van der Waals surface area contributed by atoms with Crippen LogP contribution < -0.4 is 63.8 Å². The molecule has 0 radical (unpaired) electrons. The highest BCUT2D eigenvalue weighted by Crippen LogP contribution is 2.16. The Bertz CT molecular complexity index is 2430. The van der Waals surface area contributed by atoms with Crippen LogP contribution in [0.15, 0.2) is 0 Å². The van der Waals surface area contributed by atoms with E-state index in [1.807, 2.05) is 9.80 Å². The van der Waals surface area contributed by atoms with E-state index in [2.05, 4.69) is 63.8 Å². The highest BCUT2D eigenvalue weighted by Gasteiger charge is 2.31. The van der Waals surface area contributed by atoms with Crippen molar-refractivity contribution in [1.29, 1.82) is 0 Å². The number of carbonyl (C=O) groups is 12. The highest BCUT2D eigenvalue weighted by atomic mass is 16.6. The van der Waals surface area contributed by atoms with Gasteiger partial charge < -0.3 is 102 Å². The van der Waals surface area contributed by atoms with Gasteiger partial charge in [-0.05, 0) is 263 Å². The number of amides is 12. The maximum atomic E-state index is 14.1. The lowest BCUT2D eigenvalue weighted by Gasteiger charge is -2.28. The number of carbonyl (C=O) groups excluding carboxylic acids is 12. The van der Waals surface area contributed by atoms with Crippen molar-refractivity contribution < 1.29 is 95.4 Å². The summed E-state index contributed by atoms with van der Waals surface area (Å²) >= 11 is 0. The summed E-state index contributed by atoms with van der Waals surface area (Å²) in [5.74, 6) is -2.04. The molecule has 0 heterocycles. The van der Waals surface area contributed by atoms with Gasteiger partial charge in [0.05, 0.1) is 0 Å². The molecule has 0 bridgehead atoms. The summed E-state index contributed by atoms with van der Waals surface area (Å²) in [6.45, 7) is 44.0. The number of ether oxygens (including phenoxy) is 8. The molecule has 0 aliphatic carbocycles. The third-order valence-electron chi connectivity index (χ3n) is 14.2. The summed E-state index contributed by atoms with van der Waals surface area (Å²) in [5, 5.41) is 33.4. The molecule has 0 saturated carbocycles. The van der Waals surface area contributed by atoms with E-state index in [-0.39, 0.29) is 104 Å². The zero-order valence-corrected chi connectivity index (χ0v) is 70.5. The minimum absolute atomic E-state index is 0.0545. The first-order valence-electron chi connectivity index (χ1n) is 38.4. The van der Waals surface area contributed by atoms with Crippen molar-refractivity contribution in [2.75, 3.05) is 91.6 Å². The number of nitrogens with one attached hydrogen (secondary N) is 12. The first-order chi connectivity index (χ1) is 50.0. The van der Waals surface area contributed by atoms with Gasteiger partial charge in [0, 0.05) is 78.5 Å². The largest absolute Gasteiger partial charge is 0.444 e. The van der Waals surface area contributed by atoms with Crippen LogP contribution in [0.1, 0.15) is 250 Å². The third kappa shape index (κ3) is 60.5. The number of nitrogens with zero attached hydrogens (tertiary/aromatic N) is 2. The summed E-state index contributed by atoms with van der Waals surface area (Å²) in [6.07, 6.45) is -1.06. The predicted molar refractivity (Wildman–Crippen MR) is 415 cm³/mol. The lowest BCUT2D eigenvalue weighted by Crippen LogP contribution is -2.51. The molecule has 0 aliphatic rings. The van der Waals surface area contributed by atoms with Gasteiger partial charge in [-0.1, -0.05) is 0 Å². The van der Waals surface area contributed by atoms with Crippen molar-refractivity contribution in [3.8, 4) is 0 Å². The number of hydrogen-bond donors (Lipinski definition) is 12. The predicted octanol–water partition coefficient (Wildman–Crippen LogP) is 8.80. The van der Waals surface area contributed by atoms with Crippen LogP contribution in [0.3, 0.4) is 0 Å². The molecule has 0 aromatic rings. The Hall–Kier alpha value is -8.04. The van der Waals surface area contributed by atoms with Crippen LogP contribution in [0.4, 0.5) is 38.4 Å². The van der Waals surface area contributed by atoms with Crippen LogP contribution in [0.25, 0.3) is 0 Å². The van der Waals surface area contributed by atoms with Gasteiger partial charge in [-0.15, -0.1) is 0 Å². The number of unbranched alkanes of at least 4 members (excludes halogenated alkanes) is 4. The smallest absolute Gasteiger partial charge is 0.408 e. The fourth-order valence-corrected chi connectivity index (χ4v) is 9.82. The van der Waals surface area contributed by atoms with Gasteiger partial charge in [-0.2, -0.15) is 0 Å². The molecule has 632 valence electrons. The van der Waals surface area contributed by atoms with Gasteiger partial charge in [-0.25, -0.2) is 38.4 Å². The number of hydrogen-bond acceptors (Lipinski definition) is 22. The fraction of sp³-hybridized carbons (Fsp3) is 0.840. The van der Waals surface area contributed by atoms with Crippen molar-refractivity contribution in [3.63, 3.8) is 0 Å².